The largest absolute Gasteiger partial charge is 0.449 e. The third-order valence-electron chi connectivity index (χ3n) is 4.06. The number of hydrogen-bond donors (Lipinski definition) is 0. The average molecular weight is 364 g/mol. The standard InChI is InChI=1S/C19H16N4O4/c1-10-9-14(15-11(2)23-27-18(15)20-10)19(24)25-12(3)16-21-22-17(26-16)13-7-5-4-6-8-13/h4-9,12H,1-3H3. The molecule has 4 rings (SSSR count). The van der Waals surface area contributed by atoms with Crippen molar-refractivity contribution < 1.29 is 18.5 Å². The van der Waals surface area contributed by atoms with Crippen LogP contribution < -0.4 is 0 Å². The SMILES string of the molecule is Cc1cc(C(=O)OC(C)c2nnc(-c3ccccc3)o2)c2c(C)noc2n1. The Morgan fingerprint density at radius 2 is 1.93 bits per heavy atom. The van der Waals surface area contributed by atoms with Gasteiger partial charge in [-0.25, -0.2) is 9.78 Å². The van der Waals surface area contributed by atoms with Crippen LogP contribution in [-0.4, -0.2) is 26.3 Å². The van der Waals surface area contributed by atoms with Gasteiger partial charge >= 0.3 is 5.97 Å². The summed E-state index contributed by atoms with van der Waals surface area (Å²) in [6.07, 6.45) is -0.717. The number of rotatable bonds is 4. The molecule has 3 aromatic heterocycles. The second-order valence-electron chi connectivity index (χ2n) is 6.12. The van der Waals surface area contributed by atoms with Crippen LogP contribution in [0.15, 0.2) is 45.3 Å². The van der Waals surface area contributed by atoms with Crippen LogP contribution in [0.4, 0.5) is 0 Å². The minimum Gasteiger partial charge on any atom is -0.449 e. The highest BCUT2D eigenvalue weighted by Gasteiger charge is 2.24. The molecule has 0 fully saturated rings. The van der Waals surface area contributed by atoms with Crippen molar-refractivity contribution in [2.75, 3.05) is 0 Å². The predicted molar refractivity (Wildman–Crippen MR) is 94.8 cm³/mol. The van der Waals surface area contributed by atoms with E-state index < -0.39 is 12.1 Å². The van der Waals surface area contributed by atoms with Gasteiger partial charge in [-0.3, -0.25) is 0 Å². The van der Waals surface area contributed by atoms with Crippen molar-refractivity contribution in [3.05, 3.63) is 59.2 Å². The van der Waals surface area contributed by atoms with E-state index in [1.54, 1.807) is 26.8 Å². The van der Waals surface area contributed by atoms with Gasteiger partial charge < -0.3 is 13.7 Å². The molecule has 0 radical (unpaired) electrons. The first-order valence-electron chi connectivity index (χ1n) is 8.36. The topological polar surface area (TPSA) is 104 Å². The lowest BCUT2D eigenvalue weighted by Crippen LogP contribution is -2.11. The van der Waals surface area contributed by atoms with E-state index in [9.17, 15) is 4.79 Å². The minimum atomic E-state index is -0.717. The van der Waals surface area contributed by atoms with E-state index in [0.29, 0.717) is 33.9 Å². The lowest BCUT2D eigenvalue weighted by molar-refractivity contribution is 0.0282. The van der Waals surface area contributed by atoms with Gasteiger partial charge in [0, 0.05) is 11.3 Å². The number of carbonyl (C=O) groups is 1. The molecule has 4 aromatic rings. The highest BCUT2D eigenvalue weighted by atomic mass is 16.6. The fraction of sp³-hybridized carbons (Fsp3) is 0.211. The summed E-state index contributed by atoms with van der Waals surface area (Å²) in [5, 5.41) is 12.4. The highest BCUT2D eigenvalue weighted by molar-refractivity contribution is 6.03. The number of aryl methyl sites for hydroxylation is 2. The van der Waals surface area contributed by atoms with Crippen molar-refractivity contribution in [3.63, 3.8) is 0 Å². The molecule has 0 saturated carbocycles. The molecular formula is C19H16N4O4. The van der Waals surface area contributed by atoms with Crippen LogP contribution >= 0.6 is 0 Å². The number of hydrogen-bond acceptors (Lipinski definition) is 8. The van der Waals surface area contributed by atoms with Crippen LogP contribution in [0.2, 0.25) is 0 Å². The Kier molecular flexibility index (Phi) is 4.15. The molecule has 1 unspecified atom stereocenters. The second-order valence-corrected chi connectivity index (χ2v) is 6.12. The highest BCUT2D eigenvalue weighted by Crippen LogP contribution is 2.26. The van der Waals surface area contributed by atoms with Crippen LogP contribution in [0.25, 0.3) is 22.6 Å². The quantitative estimate of drug-likeness (QED) is 0.504. The minimum absolute atomic E-state index is 0.214. The molecule has 0 spiro atoms. The van der Waals surface area contributed by atoms with Crippen molar-refractivity contribution in [1.29, 1.82) is 0 Å². The predicted octanol–water partition coefficient (Wildman–Crippen LogP) is 3.81. The maximum Gasteiger partial charge on any atom is 0.339 e. The number of pyridine rings is 1. The number of esters is 1. The van der Waals surface area contributed by atoms with E-state index >= 15 is 0 Å². The number of ether oxygens (including phenoxy) is 1. The summed E-state index contributed by atoms with van der Waals surface area (Å²) in [6.45, 7) is 5.18. The van der Waals surface area contributed by atoms with Crippen molar-refractivity contribution in [2.24, 2.45) is 0 Å². The normalized spacial score (nSPS) is 12.3. The summed E-state index contributed by atoms with van der Waals surface area (Å²) in [7, 11) is 0. The molecule has 0 N–H and O–H groups in total. The van der Waals surface area contributed by atoms with Crippen LogP contribution in [0.3, 0.4) is 0 Å². The van der Waals surface area contributed by atoms with Gasteiger partial charge in [0.2, 0.25) is 5.89 Å². The first-order valence-corrected chi connectivity index (χ1v) is 8.36. The average Bonchev–Trinajstić information content (AvgIpc) is 3.29. The third-order valence-corrected chi connectivity index (χ3v) is 4.06. The molecular weight excluding hydrogens is 348 g/mol. The zero-order valence-corrected chi connectivity index (χ0v) is 15.0. The molecule has 8 nitrogen and oxygen atoms in total. The Labute approximate surface area is 154 Å². The number of benzene rings is 1. The Morgan fingerprint density at radius 3 is 2.70 bits per heavy atom. The van der Waals surface area contributed by atoms with Crippen molar-refractivity contribution in [1.82, 2.24) is 20.3 Å². The van der Waals surface area contributed by atoms with Gasteiger partial charge in [-0.05, 0) is 39.0 Å². The van der Waals surface area contributed by atoms with E-state index in [2.05, 4.69) is 20.3 Å². The number of fused-ring (bicyclic) bond motifs is 1. The van der Waals surface area contributed by atoms with Crippen LogP contribution in [0.5, 0.6) is 0 Å². The summed E-state index contributed by atoms with van der Waals surface area (Å²) in [6, 6.07) is 11.0. The number of aromatic nitrogens is 4. The van der Waals surface area contributed by atoms with Crippen molar-refractivity contribution >= 4 is 17.1 Å². The van der Waals surface area contributed by atoms with Gasteiger partial charge in [0.25, 0.3) is 11.6 Å². The monoisotopic (exact) mass is 364 g/mol. The zero-order chi connectivity index (χ0) is 19.0. The van der Waals surface area contributed by atoms with E-state index in [-0.39, 0.29) is 5.89 Å². The van der Waals surface area contributed by atoms with E-state index in [1.165, 1.54) is 0 Å². The van der Waals surface area contributed by atoms with Gasteiger partial charge in [0.1, 0.15) is 0 Å². The van der Waals surface area contributed by atoms with Crippen molar-refractivity contribution in [3.8, 4) is 11.5 Å². The van der Waals surface area contributed by atoms with Gasteiger partial charge in [0.05, 0.1) is 16.6 Å². The Balaban J connectivity index is 1.59. The summed E-state index contributed by atoms with van der Waals surface area (Å²) in [5.41, 5.74) is 2.63. The lowest BCUT2D eigenvalue weighted by atomic mass is 10.1. The second kappa shape index (κ2) is 6.64. The van der Waals surface area contributed by atoms with E-state index in [0.717, 1.165) is 5.56 Å². The molecule has 0 bridgehead atoms. The summed E-state index contributed by atoms with van der Waals surface area (Å²) in [4.78, 5) is 16.9. The van der Waals surface area contributed by atoms with Gasteiger partial charge in [0.15, 0.2) is 6.10 Å². The summed E-state index contributed by atoms with van der Waals surface area (Å²) in [5.74, 6) is 0.0422. The molecule has 0 amide bonds. The maximum absolute atomic E-state index is 12.7. The molecule has 0 aliphatic rings. The third kappa shape index (κ3) is 3.17. The molecule has 27 heavy (non-hydrogen) atoms. The van der Waals surface area contributed by atoms with Crippen molar-refractivity contribution in [2.45, 2.75) is 26.9 Å². The first-order chi connectivity index (χ1) is 13.0. The fourth-order valence-electron chi connectivity index (χ4n) is 2.75. The molecule has 1 atom stereocenters. The fourth-order valence-corrected chi connectivity index (χ4v) is 2.75. The molecule has 0 aliphatic heterocycles. The van der Waals surface area contributed by atoms with Gasteiger partial charge in [-0.2, -0.15) is 0 Å². The molecule has 3 heterocycles. The Bertz CT molecular complexity index is 1120. The molecule has 1 aromatic carbocycles. The number of nitrogens with zero attached hydrogens (tertiary/aromatic N) is 4. The lowest BCUT2D eigenvalue weighted by Gasteiger charge is -2.10. The summed E-state index contributed by atoms with van der Waals surface area (Å²) >= 11 is 0. The first kappa shape index (κ1) is 16.9. The molecule has 136 valence electrons. The zero-order valence-electron chi connectivity index (χ0n) is 15.0. The van der Waals surface area contributed by atoms with E-state index in [1.807, 2.05) is 30.3 Å². The number of carbonyl (C=O) groups excluding carboxylic acids is 1. The Hall–Kier alpha value is -3.55. The summed E-state index contributed by atoms with van der Waals surface area (Å²) < 4.78 is 16.3. The van der Waals surface area contributed by atoms with Gasteiger partial charge in [-0.1, -0.05) is 23.4 Å². The maximum atomic E-state index is 12.7. The van der Waals surface area contributed by atoms with Gasteiger partial charge in [-0.15, -0.1) is 10.2 Å². The molecule has 8 heteroatoms. The van der Waals surface area contributed by atoms with Crippen LogP contribution in [-0.2, 0) is 4.74 Å². The van der Waals surface area contributed by atoms with E-state index in [4.69, 9.17) is 13.7 Å². The Morgan fingerprint density at radius 1 is 1.15 bits per heavy atom. The molecule has 0 aliphatic carbocycles. The van der Waals surface area contributed by atoms with Crippen LogP contribution in [0, 0.1) is 13.8 Å². The van der Waals surface area contributed by atoms with Crippen LogP contribution in [0.1, 0.15) is 40.7 Å². The molecule has 0 saturated heterocycles. The smallest absolute Gasteiger partial charge is 0.339 e.